The van der Waals surface area contributed by atoms with Crippen LogP contribution < -0.4 is 20.9 Å². The van der Waals surface area contributed by atoms with Crippen LogP contribution in [0.25, 0.3) is 0 Å². The first-order valence-corrected chi connectivity index (χ1v) is 9.23. The molecule has 2 amide bonds. The Morgan fingerprint density at radius 1 is 1.00 bits per heavy atom. The maximum absolute atomic E-state index is 12.8. The van der Waals surface area contributed by atoms with Gasteiger partial charge in [0.05, 0.1) is 11.4 Å². The monoisotopic (exact) mass is 366 g/mol. The molecule has 1 fully saturated rings. The average molecular weight is 366 g/mol. The molecule has 0 bridgehead atoms. The Morgan fingerprint density at radius 2 is 1.74 bits per heavy atom. The molecule has 1 heterocycles. The van der Waals surface area contributed by atoms with Gasteiger partial charge in [-0.05, 0) is 55.7 Å². The summed E-state index contributed by atoms with van der Waals surface area (Å²) in [4.78, 5) is 28.6. The Balaban J connectivity index is 1.91. The van der Waals surface area contributed by atoms with Crippen LogP contribution in [0.2, 0.25) is 0 Å². The van der Waals surface area contributed by atoms with E-state index in [0.29, 0.717) is 16.8 Å². The molecular formula is C21H26N4O2. The lowest BCUT2D eigenvalue weighted by Gasteiger charge is -2.30. The van der Waals surface area contributed by atoms with Gasteiger partial charge in [0.15, 0.2) is 0 Å². The lowest BCUT2D eigenvalue weighted by Crippen LogP contribution is -2.30. The molecule has 0 unspecified atom stereocenters. The van der Waals surface area contributed by atoms with E-state index in [9.17, 15) is 9.59 Å². The molecule has 1 saturated heterocycles. The second-order valence-electron chi connectivity index (χ2n) is 7.04. The van der Waals surface area contributed by atoms with Gasteiger partial charge in [-0.25, -0.2) is 0 Å². The van der Waals surface area contributed by atoms with Gasteiger partial charge in [-0.2, -0.15) is 0 Å². The number of hydrogen-bond acceptors (Lipinski definition) is 4. The smallest absolute Gasteiger partial charge is 0.255 e. The van der Waals surface area contributed by atoms with E-state index in [1.165, 1.54) is 6.42 Å². The average Bonchev–Trinajstić information content (AvgIpc) is 2.68. The number of benzene rings is 2. The van der Waals surface area contributed by atoms with Crippen molar-refractivity contribution in [1.29, 1.82) is 0 Å². The van der Waals surface area contributed by atoms with E-state index in [1.807, 2.05) is 43.3 Å². The topological polar surface area (TPSA) is 78.7 Å². The van der Waals surface area contributed by atoms with Crippen molar-refractivity contribution in [3.63, 3.8) is 0 Å². The van der Waals surface area contributed by atoms with Gasteiger partial charge >= 0.3 is 0 Å². The summed E-state index contributed by atoms with van der Waals surface area (Å²) in [5.41, 5.74) is 8.88. The highest BCUT2D eigenvalue weighted by molar-refractivity contribution is 6.07. The standard InChI is InChI=1S/C21H26N4O2/c1-24(2)17-8-6-7-16(13-17)21(27)23-18-14-15(20(22)26)9-10-19(18)25-11-4-3-5-12-25/h6-10,13-14H,3-5,11-12H2,1-2H3,(H2,22,26)(H,23,27). The fourth-order valence-electron chi connectivity index (χ4n) is 3.32. The fourth-order valence-corrected chi connectivity index (χ4v) is 3.32. The van der Waals surface area contributed by atoms with Gasteiger partial charge in [0.1, 0.15) is 0 Å². The Kier molecular flexibility index (Phi) is 5.64. The highest BCUT2D eigenvalue weighted by atomic mass is 16.2. The molecule has 0 spiro atoms. The number of piperidine rings is 1. The first-order chi connectivity index (χ1) is 13.0. The highest BCUT2D eigenvalue weighted by Gasteiger charge is 2.18. The molecule has 3 rings (SSSR count). The minimum absolute atomic E-state index is 0.210. The summed E-state index contributed by atoms with van der Waals surface area (Å²) in [5, 5.41) is 2.98. The number of amides is 2. The molecule has 1 aliphatic rings. The van der Waals surface area contributed by atoms with E-state index < -0.39 is 5.91 Å². The molecule has 27 heavy (non-hydrogen) atoms. The molecular weight excluding hydrogens is 340 g/mol. The van der Waals surface area contributed by atoms with E-state index in [1.54, 1.807) is 18.2 Å². The highest BCUT2D eigenvalue weighted by Crippen LogP contribution is 2.30. The number of carbonyl (C=O) groups excluding carboxylic acids is 2. The first kappa shape index (κ1) is 18.8. The number of nitrogens with zero attached hydrogens (tertiary/aromatic N) is 2. The predicted molar refractivity (Wildman–Crippen MR) is 110 cm³/mol. The molecule has 0 radical (unpaired) electrons. The summed E-state index contributed by atoms with van der Waals surface area (Å²) in [6.45, 7) is 1.88. The first-order valence-electron chi connectivity index (χ1n) is 9.23. The minimum atomic E-state index is -0.509. The van der Waals surface area contributed by atoms with Crippen molar-refractivity contribution in [3.05, 3.63) is 53.6 Å². The summed E-state index contributed by atoms with van der Waals surface area (Å²) in [5.74, 6) is -0.719. The van der Waals surface area contributed by atoms with Gasteiger partial charge in [-0.1, -0.05) is 6.07 Å². The lowest BCUT2D eigenvalue weighted by atomic mass is 10.1. The van der Waals surface area contributed by atoms with Crippen LogP contribution in [-0.2, 0) is 0 Å². The van der Waals surface area contributed by atoms with Crippen LogP contribution in [0.4, 0.5) is 17.1 Å². The number of nitrogens with one attached hydrogen (secondary N) is 1. The van der Waals surface area contributed by atoms with Gasteiger partial charge in [-0.3, -0.25) is 9.59 Å². The van der Waals surface area contributed by atoms with Crippen molar-refractivity contribution >= 4 is 28.9 Å². The third-order valence-electron chi connectivity index (χ3n) is 4.85. The number of anilines is 3. The SMILES string of the molecule is CN(C)c1cccc(C(=O)Nc2cc(C(N)=O)ccc2N2CCCCC2)c1. The molecule has 0 saturated carbocycles. The number of rotatable bonds is 5. The van der Waals surface area contributed by atoms with Crippen LogP contribution >= 0.6 is 0 Å². The quantitative estimate of drug-likeness (QED) is 0.852. The Morgan fingerprint density at radius 3 is 2.41 bits per heavy atom. The normalized spacial score (nSPS) is 13.9. The summed E-state index contributed by atoms with van der Waals surface area (Å²) in [6.07, 6.45) is 3.46. The molecule has 0 atom stereocenters. The van der Waals surface area contributed by atoms with E-state index in [2.05, 4.69) is 10.2 Å². The van der Waals surface area contributed by atoms with Gasteiger partial charge in [-0.15, -0.1) is 0 Å². The molecule has 0 aliphatic carbocycles. The zero-order valence-electron chi connectivity index (χ0n) is 15.9. The van der Waals surface area contributed by atoms with Gasteiger partial charge in [0.25, 0.3) is 5.91 Å². The summed E-state index contributed by atoms with van der Waals surface area (Å²) in [6, 6.07) is 12.7. The van der Waals surface area contributed by atoms with Gasteiger partial charge in [0.2, 0.25) is 5.91 Å². The molecule has 1 aliphatic heterocycles. The summed E-state index contributed by atoms with van der Waals surface area (Å²) >= 11 is 0. The van der Waals surface area contributed by atoms with E-state index in [4.69, 9.17) is 5.73 Å². The third kappa shape index (κ3) is 4.39. The van der Waals surface area contributed by atoms with E-state index >= 15 is 0 Å². The number of nitrogens with two attached hydrogens (primary N) is 1. The van der Waals surface area contributed by atoms with Crippen LogP contribution in [-0.4, -0.2) is 39.0 Å². The fraction of sp³-hybridized carbons (Fsp3) is 0.333. The maximum Gasteiger partial charge on any atom is 0.255 e. The number of carbonyl (C=O) groups is 2. The lowest BCUT2D eigenvalue weighted by molar-refractivity contribution is 0.0996. The van der Waals surface area contributed by atoms with Crippen molar-refractivity contribution in [2.45, 2.75) is 19.3 Å². The van der Waals surface area contributed by atoms with Crippen molar-refractivity contribution in [1.82, 2.24) is 0 Å². The maximum atomic E-state index is 12.8. The van der Waals surface area contributed by atoms with E-state index in [0.717, 1.165) is 37.3 Å². The largest absolute Gasteiger partial charge is 0.378 e. The zero-order chi connectivity index (χ0) is 19.4. The third-order valence-corrected chi connectivity index (χ3v) is 4.85. The molecule has 6 nitrogen and oxygen atoms in total. The van der Waals surface area contributed by atoms with Gasteiger partial charge < -0.3 is 20.9 Å². The summed E-state index contributed by atoms with van der Waals surface area (Å²) < 4.78 is 0. The Labute approximate surface area is 159 Å². The molecule has 2 aromatic carbocycles. The Bertz CT molecular complexity index is 842. The molecule has 2 aromatic rings. The zero-order valence-corrected chi connectivity index (χ0v) is 15.9. The molecule has 3 N–H and O–H groups in total. The molecule has 0 aromatic heterocycles. The molecule has 6 heteroatoms. The van der Waals surface area contributed by atoms with E-state index in [-0.39, 0.29) is 5.91 Å². The predicted octanol–water partition coefficient (Wildman–Crippen LogP) is 3.09. The summed E-state index contributed by atoms with van der Waals surface area (Å²) in [7, 11) is 3.86. The number of primary amides is 1. The second kappa shape index (κ2) is 8.12. The van der Waals surface area contributed by atoms with Crippen LogP contribution in [0, 0.1) is 0 Å². The van der Waals surface area contributed by atoms with Crippen LogP contribution in [0.5, 0.6) is 0 Å². The van der Waals surface area contributed by atoms with Crippen molar-refractivity contribution in [2.24, 2.45) is 5.73 Å². The Hall–Kier alpha value is -3.02. The van der Waals surface area contributed by atoms with Crippen LogP contribution in [0.1, 0.15) is 40.0 Å². The number of hydrogen-bond donors (Lipinski definition) is 2. The van der Waals surface area contributed by atoms with Crippen molar-refractivity contribution in [3.8, 4) is 0 Å². The van der Waals surface area contributed by atoms with Crippen molar-refractivity contribution < 1.29 is 9.59 Å². The second-order valence-corrected chi connectivity index (χ2v) is 7.04. The van der Waals surface area contributed by atoms with Crippen LogP contribution in [0.15, 0.2) is 42.5 Å². The van der Waals surface area contributed by atoms with Crippen LogP contribution in [0.3, 0.4) is 0 Å². The van der Waals surface area contributed by atoms with Crippen molar-refractivity contribution in [2.75, 3.05) is 42.3 Å². The minimum Gasteiger partial charge on any atom is -0.378 e. The van der Waals surface area contributed by atoms with Gasteiger partial charge in [0, 0.05) is 44.0 Å². The molecule has 142 valence electrons.